The van der Waals surface area contributed by atoms with Crippen LogP contribution in [0, 0.1) is 5.41 Å². The minimum Gasteiger partial charge on any atom is -0.396 e. The normalized spacial score (nSPS) is 26.2. The molecule has 0 spiro atoms. The first-order valence-corrected chi connectivity index (χ1v) is 9.95. The van der Waals surface area contributed by atoms with E-state index in [0.717, 1.165) is 12.8 Å². The van der Waals surface area contributed by atoms with E-state index in [2.05, 4.69) is 4.72 Å². The second-order valence-electron chi connectivity index (χ2n) is 5.69. The molecule has 0 aromatic heterocycles. The van der Waals surface area contributed by atoms with Crippen molar-refractivity contribution in [2.24, 2.45) is 5.41 Å². The summed E-state index contributed by atoms with van der Waals surface area (Å²) in [4.78, 5) is 0. The summed E-state index contributed by atoms with van der Waals surface area (Å²) in [5, 5.41) is 8.34. The van der Waals surface area contributed by atoms with Crippen molar-refractivity contribution in [3.8, 4) is 0 Å². The van der Waals surface area contributed by atoms with Crippen LogP contribution in [0.5, 0.6) is 0 Å². The molecule has 2 N–H and O–H groups in total. The molecule has 19 heavy (non-hydrogen) atoms. The van der Waals surface area contributed by atoms with Crippen LogP contribution in [0.2, 0.25) is 0 Å². The lowest BCUT2D eigenvalue weighted by Crippen LogP contribution is -2.41. The Bertz CT molecular complexity index is 507. The van der Waals surface area contributed by atoms with Crippen LogP contribution in [-0.2, 0) is 19.9 Å². The number of rotatable bonds is 6. The van der Waals surface area contributed by atoms with Gasteiger partial charge in [-0.05, 0) is 37.5 Å². The lowest BCUT2D eigenvalue weighted by atomic mass is 10.0. The van der Waals surface area contributed by atoms with Crippen LogP contribution in [0.1, 0.15) is 32.1 Å². The van der Waals surface area contributed by atoms with Crippen LogP contribution >= 0.6 is 0 Å². The molecule has 8 heteroatoms. The van der Waals surface area contributed by atoms with Gasteiger partial charge in [-0.25, -0.2) is 21.6 Å². The lowest BCUT2D eigenvalue weighted by Gasteiger charge is -2.23. The minimum atomic E-state index is -3.44. The Kier molecular flexibility index (Phi) is 4.25. The molecule has 1 heterocycles. The quantitative estimate of drug-likeness (QED) is 0.698. The largest absolute Gasteiger partial charge is 0.396 e. The summed E-state index contributed by atoms with van der Waals surface area (Å²) in [5.41, 5.74) is -0.0669. The molecule has 6 nitrogen and oxygen atoms in total. The highest BCUT2D eigenvalue weighted by Crippen LogP contribution is 2.48. The zero-order valence-electron chi connectivity index (χ0n) is 10.8. The molecule has 0 unspecified atom stereocenters. The summed E-state index contributed by atoms with van der Waals surface area (Å²) in [6, 6.07) is 0. The van der Waals surface area contributed by atoms with E-state index in [1.807, 2.05) is 0 Å². The van der Waals surface area contributed by atoms with E-state index in [9.17, 15) is 16.8 Å². The van der Waals surface area contributed by atoms with E-state index in [1.54, 1.807) is 0 Å². The topological polar surface area (TPSA) is 101 Å². The molecule has 0 radical (unpaired) electrons. The lowest BCUT2D eigenvalue weighted by molar-refractivity contribution is 0.249. The van der Waals surface area contributed by atoms with E-state index in [-0.39, 0.29) is 36.4 Å². The van der Waals surface area contributed by atoms with Gasteiger partial charge in [-0.3, -0.25) is 0 Å². The van der Waals surface area contributed by atoms with Crippen molar-refractivity contribution in [1.29, 1.82) is 0 Å². The highest BCUT2D eigenvalue weighted by Gasteiger charge is 2.43. The third-order valence-electron chi connectivity index (χ3n) is 4.19. The van der Waals surface area contributed by atoms with Crippen LogP contribution < -0.4 is 4.72 Å². The Morgan fingerprint density at radius 2 is 1.79 bits per heavy atom. The molecule has 1 aliphatic heterocycles. The van der Waals surface area contributed by atoms with E-state index in [1.165, 1.54) is 0 Å². The number of sulfonamides is 1. The SMILES string of the molecule is O=S1(=O)CCC(S(=O)(=O)NCC2(CCO)CC2)CC1. The Hall–Kier alpha value is -0.180. The number of hydrogen-bond donors (Lipinski definition) is 2. The fourth-order valence-electron chi connectivity index (χ4n) is 2.48. The van der Waals surface area contributed by atoms with E-state index in [4.69, 9.17) is 5.11 Å². The van der Waals surface area contributed by atoms with Gasteiger partial charge in [-0.1, -0.05) is 0 Å². The summed E-state index contributed by atoms with van der Waals surface area (Å²) >= 11 is 0. The molecule has 2 fully saturated rings. The van der Waals surface area contributed by atoms with Gasteiger partial charge < -0.3 is 5.11 Å². The van der Waals surface area contributed by atoms with E-state index in [0.29, 0.717) is 13.0 Å². The maximum Gasteiger partial charge on any atom is 0.214 e. The van der Waals surface area contributed by atoms with Gasteiger partial charge in [-0.2, -0.15) is 0 Å². The maximum atomic E-state index is 12.1. The molecule has 0 aromatic carbocycles. The van der Waals surface area contributed by atoms with Crippen LogP contribution in [0.3, 0.4) is 0 Å². The first-order chi connectivity index (χ1) is 8.79. The highest BCUT2D eigenvalue weighted by atomic mass is 32.2. The van der Waals surface area contributed by atoms with Gasteiger partial charge in [-0.15, -0.1) is 0 Å². The number of nitrogens with one attached hydrogen (secondary N) is 1. The average Bonchev–Trinajstić information content (AvgIpc) is 3.07. The molecule has 0 aromatic rings. The molecule has 2 aliphatic rings. The molecule has 112 valence electrons. The maximum absolute atomic E-state index is 12.1. The van der Waals surface area contributed by atoms with Crippen molar-refractivity contribution in [3.05, 3.63) is 0 Å². The van der Waals surface area contributed by atoms with E-state index < -0.39 is 25.1 Å². The molecular weight excluding hydrogens is 290 g/mol. The molecule has 1 saturated carbocycles. The fraction of sp³-hybridized carbons (Fsp3) is 1.00. The first kappa shape index (κ1) is 15.2. The smallest absolute Gasteiger partial charge is 0.214 e. The number of aliphatic hydroxyl groups is 1. The molecule has 0 amide bonds. The third kappa shape index (κ3) is 3.90. The summed E-state index contributed by atoms with van der Waals surface area (Å²) in [5.74, 6) is -0.0826. The van der Waals surface area contributed by atoms with Crippen LogP contribution in [0.25, 0.3) is 0 Å². The standard InChI is InChI=1S/C11H21NO5S2/c13-6-5-11(3-4-11)9-12-19(16,17)10-1-7-18(14,15)8-2-10/h10,12-13H,1-9H2. The van der Waals surface area contributed by atoms with Gasteiger partial charge >= 0.3 is 0 Å². The highest BCUT2D eigenvalue weighted by molar-refractivity contribution is 7.92. The van der Waals surface area contributed by atoms with Gasteiger partial charge in [0.1, 0.15) is 9.84 Å². The average molecular weight is 311 g/mol. The predicted octanol–water partition coefficient (Wildman–Crippen LogP) is -0.354. The Balaban J connectivity index is 1.89. The van der Waals surface area contributed by atoms with Crippen molar-refractivity contribution in [2.75, 3.05) is 24.7 Å². The second kappa shape index (κ2) is 5.31. The summed E-state index contributed by atoms with van der Waals surface area (Å²) in [6.07, 6.45) is 2.87. The number of sulfone groups is 1. The Morgan fingerprint density at radius 3 is 2.26 bits per heavy atom. The molecule has 2 rings (SSSR count). The second-order valence-corrected chi connectivity index (χ2v) is 10.0. The predicted molar refractivity (Wildman–Crippen MR) is 72.0 cm³/mol. The van der Waals surface area contributed by atoms with Gasteiger partial charge in [0, 0.05) is 13.2 Å². The first-order valence-electron chi connectivity index (χ1n) is 6.58. The molecule has 1 aliphatic carbocycles. The monoisotopic (exact) mass is 311 g/mol. The van der Waals surface area contributed by atoms with Gasteiger partial charge in [0.25, 0.3) is 0 Å². The van der Waals surface area contributed by atoms with Crippen molar-refractivity contribution in [2.45, 2.75) is 37.4 Å². The number of aliphatic hydroxyl groups excluding tert-OH is 1. The van der Waals surface area contributed by atoms with Gasteiger partial charge in [0.2, 0.25) is 10.0 Å². The van der Waals surface area contributed by atoms with Crippen molar-refractivity contribution >= 4 is 19.9 Å². The van der Waals surface area contributed by atoms with Gasteiger partial charge in [0.15, 0.2) is 0 Å². The van der Waals surface area contributed by atoms with E-state index >= 15 is 0 Å². The van der Waals surface area contributed by atoms with Crippen molar-refractivity contribution in [3.63, 3.8) is 0 Å². The summed E-state index contributed by atoms with van der Waals surface area (Å²) in [7, 11) is -6.48. The molecule has 1 saturated heterocycles. The van der Waals surface area contributed by atoms with Crippen LogP contribution in [-0.4, -0.2) is 51.8 Å². The number of hydrogen-bond acceptors (Lipinski definition) is 5. The summed E-state index contributed by atoms with van der Waals surface area (Å²) < 4.78 is 49.4. The van der Waals surface area contributed by atoms with Gasteiger partial charge in [0.05, 0.1) is 16.8 Å². The Labute approximate surface area is 114 Å². The van der Waals surface area contributed by atoms with Crippen LogP contribution in [0.15, 0.2) is 0 Å². The zero-order chi connectivity index (χ0) is 14.1. The Morgan fingerprint density at radius 1 is 1.21 bits per heavy atom. The minimum absolute atomic E-state index is 0.0413. The zero-order valence-corrected chi connectivity index (χ0v) is 12.5. The summed E-state index contributed by atoms with van der Waals surface area (Å²) in [6.45, 7) is 0.433. The molecular formula is C11H21NO5S2. The third-order valence-corrected chi connectivity index (χ3v) is 7.80. The van der Waals surface area contributed by atoms with Crippen LogP contribution in [0.4, 0.5) is 0 Å². The molecule has 0 bridgehead atoms. The fourth-order valence-corrected chi connectivity index (χ4v) is 5.87. The molecule has 0 atom stereocenters. The van der Waals surface area contributed by atoms with Crippen molar-refractivity contribution < 1.29 is 21.9 Å². The van der Waals surface area contributed by atoms with Crippen molar-refractivity contribution in [1.82, 2.24) is 4.72 Å².